The molecule has 0 amide bonds. The van der Waals surface area contributed by atoms with Crippen LogP contribution >= 0.6 is 0 Å². The van der Waals surface area contributed by atoms with Gasteiger partial charge in [-0.25, -0.2) is 0 Å². The summed E-state index contributed by atoms with van der Waals surface area (Å²) in [5, 5.41) is 8.21. The largest absolute Gasteiger partial charge is 0.357 e. The number of anilines is 1. The Labute approximate surface area is 129 Å². The number of nitrogens with zero attached hydrogens (tertiary/aromatic N) is 3. The first-order valence-electron chi connectivity index (χ1n) is 8.31. The molecule has 0 atom stereocenters. The van der Waals surface area contributed by atoms with Crippen molar-refractivity contribution < 1.29 is 0 Å². The van der Waals surface area contributed by atoms with E-state index in [4.69, 9.17) is 0 Å². The summed E-state index contributed by atoms with van der Waals surface area (Å²) in [4.78, 5) is 2.55. The zero-order chi connectivity index (χ0) is 15.6. The zero-order valence-corrected chi connectivity index (χ0v) is 14.7. The summed E-state index contributed by atoms with van der Waals surface area (Å²) in [5.41, 5.74) is 2.99. The van der Waals surface area contributed by atoms with E-state index in [0.717, 1.165) is 25.3 Å². The molecule has 2 rings (SSSR count). The topological polar surface area (TPSA) is 33.1 Å². The molecule has 1 aromatic heterocycles. The summed E-state index contributed by atoms with van der Waals surface area (Å²) in [6.45, 7) is 14.5. The Morgan fingerprint density at radius 3 is 2.62 bits per heavy atom. The normalized spacial score (nSPS) is 19.1. The summed E-state index contributed by atoms with van der Waals surface area (Å²) in [6.07, 6.45) is 3.85. The van der Waals surface area contributed by atoms with Gasteiger partial charge in [0.2, 0.25) is 0 Å². The van der Waals surface area contributed by atoms with E-state index in [1.807, 2.05) is 0 Å². The van der Waals surface area contributed by atoms with Crippen molar-refractivity contribution >= 4 is 5.82 Å². The summed E-state index contributed by atoms with van der Waals surface area (Å²) in [5.74, 6) is 1.32. The highest BCUT2D eigenvalue weighted by molar-refractivity contribution is 5.50. The molecule has 120 valence electrons. The second kappa shape index (κ2) is 6.39. The van der Waals surface area contributed by atoms with E-state index in [1.54, 1.807) is 0 Å². The maximum absolute atomic E-state index is 4.67. The third-order valence-electron chi connectivity index (χ3n) is 4.64. The van der Waals surface area contributed by atoms with Gasteiger partial charge in [-0.15, -0.1) is 0 Å². The van der Waals surface area contributed by atoms with E-state index in [2.05, 4.69) is 61.7 Å². The molecular formula is C17H32N4. The number of aromatic nitrogens is 2. The molecule has 1 saturated heterocycles. The average molecular weight is 292 g/mol. The zero-order valence-electron chi connectivity index (χ0n) is 14.7. The molecule has 0 aromatic carbocycles. The van der Waals surface area contributed by atoms with Crippen LogP contribution in [0.2, 0.25) is 0 Å². The molecule has 4 heteroatoms. The van der Waals surface area contributed by atoms with Crippen LogP contribution in [0.4, 0.5) is 5.82 Å². The lowest BCUT2D eigenvalue weighted by Crippen LogP contribution is -2.29. The predicted molar refractivity (Wildman–Crippen MR) is 89.8 cm³/mol. The van der Waals surface area contributed by atoms with E-state index < -0.39 is 0 Å². The fourth-order valence-electron chi connectivity index (χ4n) is 3.23. The monoisotopic (exact) mass is 292 g/mol. The van der Waals surface area contributed by atoms with Crippen molar-refractivity contribution in [1.29, 1.82) is 0 Å². The number of rotatable bonds is 4. The second-order valence-corrected chi connectivity index (χ2v) is 7.55. The number of nitrogens with one attached hydrogen (secondary N) is 1. The standard InChI is InChI=1S/C17H32N4/c1-13(2)18-12-15-14(3)19-20(6)16(15)21-10-7-8-17(4,5)9-11-21/h13,18H,7-12H2,1-6H3. The molecule has 0 bridgehead atoms. The Kier molecular flexibility index (Phi) is 4.97. The molecule has 2 heterocycles. The molecule has 0 radical (unpaired) electrons. The minimum absolute atomic E-state index is 0.471. The van der Waals surface area contributed by atoms with Crippen LogP contribution in [0.25, 0.3) is 0 Å². The fraction of sp³-hybridized carbons (Fsp3) is 0.824. The highest BCUT2D eigenvalue weighted by Crippen LogP contribution is 2.33. The van der Waals surface area contributed by atoms with Gasteiger partial charge in [-0.1, -0.05) is 27.7 Å². The van der Waals surface area contributed by atoms with Crippen LogP contribution in [0.3, 0.4) is 0 Å². The van der Waals surface area contributed by atoms with Gasteiger partial charge in [0.05, 0.1) is 5.69 Å². The molecule has 1 fully saturated rings. The average Bonchev–Trinajstić information content (AvgIpc) is 2.53. The van der Waals surface area contributed by atoms with Gasteiger partial charge in [-0.05, 0) is 31.6 Å². The maximum Gasteiger partial charge on any atom is 0.131 e. The van der Waals surface area contributed by atoms with Crippen molar-refractivity contribution in [2.75, 3.05) is 18.0 Å². The summed E-state index contributed by atoms with van der Waals surface area (Å²) >= 11 is 0. The first-order chi connectivity index (χ1) is 9.80. The van der Waals surface area contributed by atoms with E-state index in [9.17, 15) is 0 Å². The van der Waals surface area contributed by atoms with Crippen molar-refractivity contribution in [3.63, 3.8) is 0 Å². The Hall–Kier alpha value is -1.03. The van der Waals surface area contributed by atoms with Gasteiger partial charge in [0.1, 0.15) is 5.82 Å². The van der Waals surface area contributed by atoms with Gasteiger partial charge < -0.3 is 10.2 Å². The number of aryl methyl sites for hydroxylation is 2. The summed E-state index contributed by atoms with van der Waals surface area (Å²) < 4.78 is 2.07. The molecular weight excluding hydrogens is 260 g/mol. The lowest BCUT2D eigenvalue weighted by molar-refractivity contribution is 0.325. The van der Waals surface area contributed by atoms with Crippen LogP contribution in [0.15, 0.2) is 0 Å². The highest BCUT2D eigenvalue weighted by atomic mass is 15.4. The van der Waals surface area contributed by atoms with Gasteiger partial charge >= 0.3 is 0 Å². The Bertz CT molecular complexity index is 473. The first-order valence-corrected chi connectivity index (χ1v) is 8.31. The van der Waals surface area contributed by atoms with Gasteiger partial charge in [-0.3, -0.25) is 4.68 Å². The van der Waals surface area contributed by atoms with Crippen molar-refractivity contribution in [1.82, 2.24) is 15.1 Å². The lowest BCUT2D eigenvalue weighted by atomic mass is 9.85. The molecule has 0 aliphatic carbocycles. The smallest absolute Gasteiger partial charge is 0.131 e. The van der Waals surface area contributed by atoms with Gasteiger partial charge in [0.15, 0.2) is 0 Å². The minimum Gasteiger partial charge on any atom is -0.357 e. The van der Waals surface area contributed by atoms with Crippen molar-refractivity contribution in [2.45, 2.75) is 66.5 Å². The molecule has 1 aliphatic rings. The lowest BCUT2D eigenvalue weighted by Gasteiger charge is -2.26. The Morgan fingerprint density at radius 1 is 1.24 bits per heavy atom. The van der Waals surface area contributed by atoms with E-state index >= 15 is 0 Å². The summed E-state index contributed by atoms with van der Waals surface area (Å²) in [7, 11) is 2.08. The molecule has 1 N–H and O–H groups in total. The molecule has 1 aromatic rings. The quantitative estimate of drug-likeness (QED) is 0.925. The van der Waals surface area contributed by atoms with Crippen LogP contribution in [0.5, 0.6) is 0 Å². The minimum atomic E-state index is 0.471. The van der Waals surface area contributed by atoms with E-state index in [0.29, 0.717) is 11.5 Å². The van der Waals surface area contributed by atoms with Gasteiger partial charge in [-0.2, -0.15) is 5.10 Å². The van der Waals surface area contributed by atoms with E-state index in [-0.39, 0.29) is 0 Å². The molecule has 0 saturated carbocycles. The third-order valence-corrected chi connectivity index (χ3v) is 4.64. The van der Waals surface area contributed by atoms with Crippen molar-refractivity contribution in [3.8, 4) is 0 Å². The van der Waals surface area contributed by atoms with Crippen molar-refractivity contribution in [3.05, 3.63) is 11.3 Å². The first kappa shape index (κ1) is 16.3. The van der Waals surface area contributed by atoms with Gasteiger partial charge in [0.25, 0.3) is 0 Å². The van der Waals surface area contributed by atoms with Crippen LogP contribution in [0, 0.1) is 12.3 Å². The van der Waals surface area contributed by atoms with Gasteiger partial charge in [0, 0.05) is 38.3 Å². The van der Waals surface area contributed by atoms with Crippen LogP contribution < -0.4 is 10.2 Å². The SMILES string of the molecule is Cc1nn(C)c(N2CCCC(C)(C)CC2)c1CNC(C)C. The molecule has 1 aliphatic heterocycles. The third kappa shape index (κ3) is 4.00. The Balaban J connectivity index is 2.21. The van der Waals surface area contributed by atoms with Crippen molar-refractivity contribution in [2.24, 2.45) is 12.5 Å². The summed E-state index contributed by atoms with van der Waals surface area (Å²) in [6, 6.07) is 0.500. The van der Waals surface area contributed by atoms with Crippen LogP contribution in [-0.4, -0.2) is 28.9 Å². The fourth-order valence-corrected chi connectivity index (χ4v) is 3.23. The number of hydrogen-bond donors (Lipinski definition) is 1. The molecule has 0 unspecified atom stereocenters. The maximum atomic E-state index is 4.67. The molecule has 0 spiro atoms. The van der Waals surface area contributed by atoms with Crippen LogP contribution in [0.1, 0.15) is 58.2 Å². The Morgan fingerprint density at radius 2 is 1.95 bits per heavy atom. The molecule has 21 heavy (non-hydrogen) atoms. The number of hydrogen-bond acceptors (Lipinski definition) is 3. The molecule has 4 nitrogen and oxygen atoms in total. The second-order valence-electron chi connectivity index (χ2n) is 7.55. The van der Waals surface area contributed by atoms with Crippen LogP contribution in [-0.2, 0) is 13.6 Å². The van der Waals surface area contributed by atoms with E-state index in [1.165, 1.54) is 30.6 Å². The predicted octanol–water partition coefficient (Wildman–Crippen LogP) is 3.24. The highest BCUT2D eigenvalue weighted by Gasteiger charge is 2.26.